The first-order valence-corrected chi connectivity index (χ1v) is 11.6. The number of aryl methyl sites for hydroxylation is 1. The number of thiophene rings is 1. The van der Waals surface area contributed by atoms with Gasteiger partial charge in [-0.2, -0.15) is 5.10 Å². The van der Waals surface area contributed by atoms with E-state index in [1.54, 1.807) is 24.1 Å². The molecule has 0 saturated heterocycles. The smallest absolute Gasteiger partial charge is 0.348 e. The third kappa shape index (κ3) is 4.35. The molecule has 0 aromatic carbocycles. The van der Waals surface area contributed by atoms with Crippen molar-refractivity contribution >= 4 is 50.5 Å². The summed E-state index contributed by atoms with van der Waals surface area (Å²) < 4.78 is 38.0. The number of rotatable bonds is 6. The fourth-order valence-electron chi connectivity index (χ4n) is 2.57. The molecule has 0 radical (unpaired) electrons. The van der Waals surface area contributed by atoms with Crippen LogP contribution in [0.2, 0.25) is 0 Å². The Morgan fingerprint density at radius 2 is 1.84 bits per heavy atom. The molecule has 0 saturated carbocycles. The maximum absolute atomic E-state index is 12.9. The molecule has 0 unspecified atom stereocenters. The monoisotopic (exact) mass is 484 g/mol. The van der Waals surface area contributed by atoms with Gasteiger partial charge in [-0.25, -0.2) is 27.7 Å². The number of hydrogen-bond donors (Lipinski definition) is 1. The fraction of sp³-hybridized carbons (Fsp3) is 0.235. The molecule has 0 aliphatic rings. The SMILES string of the molecule is COC(=O)c1sc(S(=O)(=O)NC(=O)c2csc(-c3cnn(C)c3)n2)c(C(=O)OC)c1C. The second-order valence-electron chi connectivity index (χ2n) is 6.08. The number of nitrogens with zero attached hydrogens (tertiary/aromatic N) is 3. The van der Waals surface area contributed by atoms with E-state index in [1.165, 1.54) is 12.3 Å². The molecule has 14 heteroatoms. The first kappa shape index (κ1) is 22.6. The summed E-state index contributed by atoms with van der Waals surface area (Å²) in [6.07, 6.45) is 3.26. The number of aromatic nitrogens is 3. The quantitative estimate of drug-likeness (QED) is 0.515. The summed E-state index contributed by atoms with van der Waals surface area (Å²) in [7, 11) is -0.612. The number of amides is 1. The minimum Gasteiger partial charge on any atom is -0.465 e. The van der Waals surface area contributed by atoms with Crippen molar-refractivity contribution in [3.05, 3.63) is 39.5 Å². The average molecular weight is 485 g/mol. The number of nitrogens with one attached hydrogen (secondary N) is 1. The first-order chi connectivity index (χ1) is 14.6. The van der Waals surface area contributed by atoms with Gasteiger partial charge in [-0.3, -0.25) is 9.48 Å². The van der Waals surface area contributed by atoms with Crippen LogP contribution in [0.3, 0.4) is 0 Å². The summed E-state index contributed by atoms with van der Waals surface area (Å²) in [5.41, 5.74) is 0.263. The number of carbonyl (C=O) groups excluding carboxylic acids is 3. The molecule has 0 aliphatic carbocycles. The number of hydrogen-bond acceptors (Lipinski definition) is 11. The second kappa shape index (κ2) is 8.56. The van der Waals surface area contributed by atoms with E-state index in [0.717, 1.165) is 25.6 Å². The van der Waals surface area contributed by atoms with Crippen LogP contribution in [0.4, 0.5) is 0 Å². The van der Waals surface area contributed by atoms with Crippen molar-refractivity contribution in [2.45, 2.75) is 11.1 Å². The van der Waals surface area contributed by atoms with Gasteiger partial charge in [0.2, 0.25) is 0 Å². The Kier molecular flexibility index (Phi) is 6.24. The van der Waals surface area contributed by atoms with E-state index < -0.39 is 32.1 Å². The molecular formula is C17H16N4O7S3. The highest BCUT2D eigenvalue weighted by molar-refractivity contribution is 7.92. The van der Waals surface area contributed by atoms with E-state index in [0.29, 0.717) is 21.9 Å². The maximum Gasteiger partial charge on any atom is 0.348 e. The van der Waals surface area contributed by atoms with Gasteiger partial charge in [0.15, 0.2) is 4.21 Å². The van der Waals surface area contributed by atoms with Gasteiger partial charge in [-0.15, -0.1) is 22.7 Å². The second-order valence-corrected chi connectivity index (χ2v) is 9.83. The standard InChI is InChI=1S/C17H16N4O7S3/c1-8-11(15(23)27-3)17(30-12(8)16(24)28-4)31(25,26)20-13(22)10-7-29-14(19-10)9-5-18-21(2)6-9/h5-7H,1-4H3,(H,20,22). The van der Waals surface area contributed by atoms with E-state index in [9.17, 15) is 22.8 Å². The molecule has 1 N–H and O–H groups in total. The molecule has 3 rings (SSSR count). The molecular weight excluding hydrogens is 468 g/mol. The topological polar surface area (TPSA) is 147 Å². The molecule has 0 aliphatic heterocycles. The van der Waals surface area contributed by atoms with Crippen LogP contribution >= 0.6 is 22.7 Å². The summed E-state index contributed by atoms with van der Waals surface area (Å²) in [5, 5.41) is 5.89. The van der Waals surface area contributed by atoms with Crippen molar-refractivity contribution in [2.75, 3.05) is 14.2 Å². The van der Waals surface area contributed by atoms with Gasteiger partial charge in [0.25, 0.3) is 15.9 Å². The fourth-order valence-corrected chi connectivity index (χ4v) is 6.05. The molecule has 11 nitrogen and oxygen atoms in total. The van der Waals surface area contributed by atoms with Gasteiger partial charge in [-0.1, -0.05) is 0 Å². The zero-order valence-corrected chi connectivity index (χ0v) is 19.1. The van der Waals surface area contributed by atoms with Crippen molar-refractivity contribution < 1.29 is 32.3 Å². The lowest BCUT2D eigenvalue weighted by atomic mass is 10.2. The molecule has 0 spiro atoms. The van der Waals surface area contributed by atoms with Crippen LogP contribution in [-0.4, -0.2) is 55.2 Å². The van der Waals surface area contributed by atoms with Gasteiger partial charge in [0.1, 0.15) is 15.6 Å². The Labute approximate surface area is 184 Å². The van der Waals surface area contributed by atoms with Crippen LogP contribution in [0, 0.1) is 6.92 Å². The zero-order valence-electron chi connectivity index (χ0n) is 16.7. The lowest BCUT2D eigenvalue weighted by molar-refractivity contribution is 0.0596. The highest BCUT2D eigenvalue weighted by Gasteiger charge is 2.34. The van der Waals surface area contributed by atoms with Gasteiger partial charge in [-0.05, 0) is 12.5 Å². The Morgan fingerprint density at radius 3 is 2.42 bits per heavy atom. The minimum atomic E-state index is -4.53. The number of carbonyl (C=O) groups is 3. The number of sulfonamides is 1. The van der Waals surface area contributed by atoms with E-state index in [-0.39, 0.29) is 21.7 Å². The van der Waals surface area contributed by atoms with Crippen molar-refractivity contribution in [3.63, 3.8) is 0 Å². The normalized spacial score (nSPS) is 11.2. The number of thiazole rings is 1. The van der Waals surface area contributed by atoms with Crippen molar-refractivity contribution in [2.24, 2.45) is 7.05 Å². The van der Waals surface area contributed by atoms with Crippen LogP contribution in [0.25, 0.3) is 10.6 Å². The van der Waals surface area contributed by atoms with Crippen molar-refractivity contribution in [1.82, 2.24) is 19.5 Å². The predicted octanol–water partition coefficient (Wildman–Crippen LogP) is 1.61. The molecule has 164 valence electrons. The molecule has 3 aromatic rings. The summed E-state index contributed by atoms with van der Waals surface area (Å²) >= 11 is 1.64. The van der Waals surface area contributed by atoms with Crippen LogP contribution in [0.15, 0.2) is 22.0 Å². The molecule has 31 heavy (non-hydrogen) atoms. The summed E-state index contributed by atoms with van der Waals surface area (Å²) in [6, 6.07) is 0. The Hall–Kier alpha value is -3.10. The van der Waals surface area contributed by atoms with Crippen LogP contribution in [0.1, 0.15) is 36.1 Å². The van der Waals surface area contributed by atoms with Gasteiger partial charge >= 0.3 is 11.9 Å². The van der Waals surface area contributed by atoms with Crippen molar-refractivity contribution in [1.29, 1.82) is 0 Å². The van der Waals surface area contributed by atoms with E-state index in [4.69, 9.17) is 0 Å². The Morgan fingerprint density at radius 1 is 1.16 bits per heavy atom. The third-order valence-electron chi connectivity index (χ3n) is 4.03. The van der Waals surface area contributed by atoms with Crippen LogP contribution in [-0.2, 0) is 26.5 Å². The largest absolute Gasteiger partial charge is 0.465 e. The Bertz CT molecular complexity index is 1290. The number of ether oxygens (including phenoxy) is 2. The summed E-state index contributed by atoms with van der Waals surface area (Å²) in [5.74, 6) is -2.78. The molecule has 0 bridgehead atoms. The lowest BCUT2D eigenvalue weighted by Gasteiger charge is -2.06. The minimum absolute atomic E-state index is 0.0732. The molecule has 3 heterocycles. The lowest BCUT2D eigenvalue weighted by Crippen LogP contribution is -2.31. The van der Waals surface area contributed by atoms with Crippen molar-refractivity contribution in [3.8, 4) is 10.6 Å². The van der Waals surface area contributed by atoms with Gasteiger partial charge < -0.3 is 9.47 Å². The van der Waals surface area contributed by atoms with E-state index >= 15 is 0 Å². The van der Waals surface area contributed by atoms with Crippen LogP contribution in [0.5, 0.6) is 0 Å². The highest BCUT2D eigenvalue weighted by Crippen LogP contribution is 2.33. The van der Waals surface area contributed by atoms with E-state index in [1.807, 2.05) is 4.72 Å². The molecule has 1 amide bonds. The maximum atomic E-state index is 12.9. The first-order valence-electron chi connectivity index (χ1n) is 8.40. The van der Waals surface area contributed by atoms with Gasteiger partial charge in [0.05, 0.1) is 26.0 Å². The summed E-state index contributed by atoms with van der Waals surface area (Å²) in [4.78, 5) is 40.7. The van der Waals surface area contributed by atoms with E-state index in [2.05, 4.69) is 19.6 Å². The average Bonchev–Trinajstić information content (AvgIpc) is 3.45. The summed E-state index contributed by atoms with van der Waals surface area (Å²) in [6.45, 7) is 1.39. The molecule has 0 fully saturated rings. The highest BCUT2D eigenvalue weighted by atomic mass is 32.2. The molecule has 3 aromatic heterocycles. The molecule has 0 atom stereocenters. The zero-order chi connectivity index (χ0) is 22.9. The number of esters is 2. The predicted molar refractivity (Wildman–Crippen MR) is 111 cm³/mol. The van der Waals surface area contributed by atoms with Crippen LogP contribution < -0.4 is 4.72 Å². The Balaban J connectivity index is 1.95. The third-order valence-corrected chi connectivity index (χ3v) is 8.05. The van der Waals surface area contributed by atoms with Gasteiger partial charge in [0, 0.05) is 24.2 Å². The number of methoxy groups -OCH3 is 2.